The molecular formula is C12H13BrF2N4. The summed E-state index contributed by atoms with van der Waals surface area (Å²) in [5.74, 6) is -1.33. The highest BCUT2D eigenvalue weighted by molar-refractivity contribution is 9.10. The molecule has 0 bridgehead atoms. The molecule has 7 heteroatoms. The fourth-order valence-corrected chi connectivity index (χ4v) is 2.32. The number of rotatable bonds is 5. The first-order chi connectivity index (χ1) is 9.11. The fourth-order valence-electron chi connectivity index (χ4n) is 1.73. The molecule has 1 heterocycles. The number of aromatic nitrogens is 3. The maximum Gasteiger partial charge on any atom is 0.152 e. The SMILES string of the molecule is NCCCCc1cn(-c2c(F)cc(F)cc2Br)nn1. The summed E-state index contributed by atoms with van der Waals surface area (Å²) in [5.41, 5.74) is 6.32. The van der Waals surface area contributed by atoms with Gasteiger partial charge in [-0.2, -0.15) is 0 Å². The molecule has 1 aromatic carbocycles. The average Bonchev–Trinajstić information content (AvgIpc) is 2.76. The monoisotopic (exact) mass is 330 g/mol. The number of halogens is 3. The second-order valence-corrected chi connectivity index (χ2v) is 4.97. The van der Waals surface area contributed by atoms with Gasteiger partial charge in [0.15, 0.2) is 5.82 Å². The van der Waals surface area contributed by atoms with Crippen LogP contribution >= 0.6 is 15.9 Å². The van der Waals surface area contributed by atoms with Crippen molar-refractivity contribution in [2.45, 2.75) is 19.3 Å². The van der Waals surface area contributed by atoms with Gasteiger partial charge in [0.25, 0.3) is 0 Å². The predicted molar refractivity (Wildman–Crippen MR) is 71.0 cm³/mol. The lowest BCUT2D eigenvalue weighted by Crippen LogP contribution is -2.01. The van der Waals surface area contributed by atoms with Crippen molar-refractivity contribution in [1.82, 2.24) is 15.0 Å². The molecule has 0 spiro atoms. The van der Waals surface area contributed by atoms with Crippen LogP contribution in [0.1, 0.15) is 18.5 Å². The Hall–Kier alpha value is -1.34. The van der Waals surface area contributed by atoms with Crippen molar-refractivity contribution in [2.24, 2.45) is 5.73 Å². The van der Waals surface area contributed by atoms with Crippen LogP contribution < -0.4 is 5.73 Å². The number of aryl methyl sites for hydroxylation is 1. The molecule has 0 unspecified atom stereocenters. The number of nitrogens with two attached hydrogens (primary N) is 1. The minimum absolute atomic E-state index is 0.152. The van der Waals surface area contributed by atoms with Gasteiger partial charge in [-0.15, -0.1) is 5.10 Å². The summed E-state index contributed by atoms with van der Waals surface area (Å²) in [6.07, 6.45) is 4.18. The normalized spacial score (nSPS) is 10.9. The predicted octanol–water partition coefficient (Wildman–Crippen LogP) is 2.59. The first-order valence-electron chi connectivity index (χ1n) is 5.88. The van der Waals surface area contributed by atoms with Crippen LogP contribution in [0.25, 0.3) is 5.69 Å². The van der Waals surface area contributed by atoms with Crippen molar-refractivity contribution in [1.29, 1.82) is 0 Å². The number of hydrogen-bond acceptors (Lipinski definition) is 3. The minimum atomic E-state index is -0.690. The molecule has 2 rings (SSSR count). The van der Waals surface area contributed by atoms with Crippen LogP contribution in [0.2, 0.25) is 0 Å². The maximum absolute atomic E-state index is 13.7. The van der Waals surface area contributed by atoms with Crippen LogP contribution in [0.15, 0.2) is 22.8 Å². The molecule has 4 nitrogen and oxygen atoms in total. The Morgan fingerprint density at radius 2 is 2.05 bits per heavy atom. The van der Waals surface area contributed by atoms with E-state index in [4.69, 9.17) is 5.73 Å². The van der Waals surface area contributed by atoms with Gasteiger partial charge >= 0.3 is 0 Å². The Labute approximate surface area is 117 Å². The summed E-state index contributed by atoms with van der Waals surface area (Å²) in [6.45, 7) is 0.631. The number of nitrogens with zero attached hydrogens (tertiary/aromatic N) is 3. The zero-order valence-corrected chi connectivity index (χ0v) is 11.7. The van der Waals surface area contributed by atoms with Crippen LogP contribution in [0, 0.1) is 11.6 Å². The summed E-state index contributed by atoms with van der Waals surface area (Å²) < 4.78 is 28.3. The molecular weight excluding hydrogens is 318 g/mol. The van der Waals surface area contributed by atoms with Gasteiger partial charge in [-0.05, 0) is 47.8 Å². The first kappa shape index (κ1) is 14.1. The van der Waals surface area contributed by atoms with E-state index in [0.29, 0.717) is 11.0 Å². The van der Waals surface area contributed by atoms with Crippen molar-refractivity contribution in [3.05, 3.63) is 40.1 Å². The van der Waals surface area contributed by atoms with E-state index in [1.165, 1.54) is 10.7 Å². The summed E-state index contributed by atoms with van der Waals surface area (Å²) in [7, 11) is 0. The highest BCUT2D eigenvalue weighted by Gasteiger charge is 2.13. The van der Waals surface area contributed by atoms with Gasteiger partial charge < -0.3 is 5.73 Å². The van der Waals surface area contributed by atoms with E-state index >= 15 is 0 Å². The molecule has 0 saturated carbocycles. The van der Waals surface area contributed by atoms with Gasteiger partial charge in [0, 0.05) is 10.5 Å². The summed E-state index contributed by atoms with van der Waals surface area (Å²) in [4.78, 5) is 0. The lowest BCUT2D eigenvalue weighted by Gasteiger charge is -2.05. The standard InChI is InChI=1S/C12H13BrF2N4/c13-10-5-8(14)6-11(15)12(10)19-7-9(17-18-19)3-1-2-4-16/h5-7H,1-4,16H2. The molecule has 0 fully saturated rings. The zero-order valence-electron chi connectivity index (χ0n) is 10.1. The molecule has 2 N–H and O–H groups in total. The van der Waals surface area contributed by atoms with Crippen molar-refractivity contribution < 1.29 is 8.78 Å². The van der Waals surface area contributed by atoms with Gasteiger partial charge in [0.2, 0.25) is 0 Å². The summed E-state index contributed by atoms with van der Waals surface area (Å²) in [5, 5.41) is 7.82. The van der Waals surface area contributed by atoms with Crippen LogP contribution in [0.3, 0.4) is 0 Å². The van der Waals surface area contributed by atoms with Crippen LogP contribution in [0.4, 0.5) is 8.78 Å². The van der Waals surface area contributed by atoms with E-state index in [-0.39, 0.29) is 5.69 Å². The smallest absolute Gasteiger partial charge is 0.152 e. The molecule has 0 aliphatic heterocycles. The van der Waals surface area contributed by atoms with Gasteiger partial charge in [-0.25, -0.2) is 13.5 Å². The molecule has 2 aromatic rings. The Kier molecular flexibility index (Phi) is 4.60. The van der Waals surface area contributed by atoms with E-state index in [0.717, 1.165) is 31.0 Å². The summed E-state index contributed by atoms with van der Waals surface area (Å²) in [6, 6.07) is 2.00. The van der Waals surface area contributed by atoms with Crippen LogP contribution in [-0.4, -0.2) is 21.5 Å². The van der Waals surface area contributed by atoms with Gasteiger partial charge in [0.05, 0.1) is 11.9 Å². The Bertz CT molecular complexity index is 548. The van der Waals surface area contributed by atoms with E-state index in [1.807, 2.05) is 0 Å². The molecule has 0 radical (unpaired) electrons. The molecule has 0 aliphatic rings. The Balaban J connectivity index is 2.23. The Morgan fingerprint density at radius 1 is 1.26 bits per heavy atom. The number of benzene rings is 1. The van der Waals surface area contributed by atoms with Crippen molar-refractivity contribution in [2.75, 3.05) is 6.54 Å². The van der Waals surface area contributed by atoms with Gasteiger partial charge in [0.1, 0.15) is 11.5 Å². The third-order valence-electron chi connectivity index (χ3n) is 2.64. The van der Waals surface area contributed by atoms with Crippen LogP contribution in [-0.2, 0) is 6.42 Å². The van der Waals surface area contributed by atoms with Crippen molar-refractivity contribution >= 4 is 15.9 Å². The second-order valence-electron chi connectivity index (χ2n) is 4.12. The number of unbranched alkanes of at least 4 members (excludes halogenated alkanes) is 1. The Morgan fingerprint density at radius 3 is 2.74 bits per heavy atom. The molecule has 0 amide bonds. The summed E-state index contributed by atoms with van der Waals surface area (Å²) >= 11 is 3.12. The molecule has 102 valence electrons. The molecule has 0 saturated heterocycles. The topological polar surface area (TPSA) is 56.7 Å². The molecule has 0 aliphatic carbocycles. The lowest BCUT2D eigenvalue weighted by molar-refractivity contribution is 0.570. The molecule has 1 aromatic heterocycles. The second kappa shape index (κ2) is 6.21. The zero-order chi connectivity index (χ0) is 13.8. The van der Waals surface area contributed by atoms with E-state index in [9.17, 15) is 8.78 Å². The molecule has 0 atom stereocenters. The van der Waals surface area contributed by atoms with Crippen molar-refractivity contribution in [3.63, 3.8) is 0 Å². The average molecular weight is 331 g/mol. The fraction of sp³-hybridized carbons (Fsp3) is 0.333. The minimum Gasteiger partial charge on any atom is -0.330 e. The van der Waals surface area contributed by atoms with Gasteiger partial charge in [-0.3, -0.25) is 0 Å². The highest BCUT2D eigenvalue weighted by atomic mass is 79.9. The molecule has 19 heavy (non-hydrogen) atoms. The first-order valence-corrected chi connectivity index (χ1v) is 6.67. The number of hydrogen-bond donors (Lipinski definition) is 1. The largest absolute Gasteiger partial charge is 0.330 e. The van der Waals surface area contributed by atoms with Gasteiger partial charge in [-0.1, -0.05) is 5.21 Å². The van der Waals surface area contributed by atoms with Crippen molar-refractivity contribution in [3.8, 4) is 5.69 Å². The van der Waals surface area contributed by atoms with E-state index < -0.39 is 11.6 Å². The third kappa shape index (κ3) is 3.36. The lowest BCUT2D eigenvalue weighted by atomic mass is 10.2. The van der Waals surface area contributed by atoms with E-state index in [1.54, 1.807) is 6.20 Å². The van der Waals surface area contributed by atoms with Crippen LogP contribution in [0.5, 0.6) is 0 Å². The third-order valence-corrected chi connectivity index (χ3v) is 3.24. The van der Waals surface area contributed by atoms with E-state index in [2.05, 4.69) is 26.2 Å². The maximum atomic E-state index is 13.7. The quantitative estimate of drug-likeness (QED) is 0.857. The highest BCUT2D eigenvalue weighted by Crippen LogP contribution is 2.25.